The summed E-state index contributed by atoms with van der Waals surface area (Å²) >= 11 is 3.71. The van der Waals surface area contributed by atoms with Crippen LogP contribution in [0.15, 0.2) is 30.3 Å². The lowest BCUT2D eigenvalue weighted by molar-refractivity contribution is 0.158. The fourth-order valence-corrected chi connectivity index (χ4v) is 3.27. The Bertz CT molecular complexity index is 311. The second kappa shape index (κ2) is 7.96. The normalized spacial score (nSPS) is 12.1. The van der Waals surface area contributed by atoms with Crippen LogP contribution in [0.3, 0.4) is 0 Å². The average molecular weight is 312 g/mol. The number of hydrogen-bond acceptors (Lipinski definition) is 1. The molecule has 0 radical (unpaired) electrons. The second-order valence-electron chi connectivity index (χ2n) is 5.13. The number of rotatable bonds is 8. The minimum absolute atomic E-state index is 0.421. The van der Waals surface area contributed by atoms with E-state index >= 15 is 0 Å². The van der Waals surface area contributed by atoms with Gasteiger partial charge in [-0.25, -0.2) is 0 Å². The molecular formula is C16H26BrN. The Morgan fingerprint density at radius 3 is 2.11 bits per heavy atom. The smallest absolute Gasteiger partial charge is 0.0233 e. The minimum atomic E-state index is 0.421. The van der Waals surface area contributed by atoms with Gasteiger partial charge in [-0.05, 0) is 30.4 Å². The Morgan fingerprint density at radius 2 is 1.67 bits per heavy atom. The van der Waals surface area contributed by atoms with E-state index < -0.39 is 0 Å². The van der Waals surface area contributed by atoms with Gasteiger partial charge >= 0.3 is 0 Å². The van der Waals surface area contributed by atoms with Crippen LogP contribution in [0.25, 0.3) is 0 Å². The molecule has 0 aliphatic heterocycles. The standard InChI is InChI=1S/C16H26BrN/c1-4-16(5-2,13-17)14-18(6-3)12-15-10-8-7-9-11-15/h7-11H,4-6,12-14H2,1-3H3. The van der Waals surface area contributed by atoms with Gasteiger partial charge in [-0.15, -0.1) is 0 Å². The topological polar surface area (TPSA) is 3.24 Å². The Hall–Kier alpha value is -0.340. The van der Waals surface area contributed by atoms with Crippen LogP contribution in [-0.2, 0) is 6.54 Å². The van der Waals surface area contributed by atoms with E-state index in [4.69, 9.17) is 0 Å². The summed E-state index contributed by atoms with van der Waals surface area (Å²) in [4.78, 5) is 2.56. The van der Waals surface area contributed by atoms with Gasteiger partial charge in [-0.2, -0.15) is 0 Å². The lowest BCUT2D eigenvalue weighted by atomic mass is 9.84. The molecule has 1 nitrogen and oxygen atoms in total. The minimum Gasteiger partial charge on any atom is -0.299 e. The zero-order valence-corrected chi connectivity index (χ0v) is 13.5. The summed E-state index contributed by atoms with van der Waals surface area (Å²) in [6, 6.07) is 10.8. The highest BCUT2D eigenvalue weighted by molar-refractivity contribution is 9.09. The molecule has 0 aromatic heterocycles. The van der Waals surface area contributed by atoms with Gasteiger partial charge in [0.1, 0.15) is 0 Å². The summed E-state index contributed by atoms with van der Waals surface area (Å²) in [5, 5.41) is 1.10. The molecule has 0 unspecified atom stereocenters. The van der Waals surface area contributed by atoms with E-state index in [1.807, 2.05) is 0 Å². The Kier molecular flexibility index (Phi) is 6.95. The van der Waals surface area contributed by atoms with Gasteiger partial charge in [0, 0.05) is 18.4 Å². The average Bonchev–Trinajstić information content (AvgIpc) is 2.45. The van der Waals surface area contributed by atoms with Crippen LogP contribution < -0.4 is 0 Å². The van der Waals surface area contributed by atoms with Crippen molar-refractivity contribution < 1.29 is 0 Å². The van der Waals surface area contributed by atoms with Gasteiger partial charge in [-0.1, -0.05) is 67.0 Å². The van der Waals surface area contributed by atoms with Crippen LogP contribution in [0.1, 0.15) is 39.2 Å². The SMILES string of the molecule is CCN(Cc1ccccc1)CC(CC)(CC)CBr. The molecule has 1 aromatic carbocycles. The molecule has 1 rings (SSSR count). The molecule has 1 aromatic rings. The first-order chi connectivity index (χ1) is 8.69. The van der Waals surface area contributed by atoms with Crippen molar-refractivity contribution in [2.75, 3.05) is 18.4 Å². The molecule has 0 bridgehead atoms. The molecule has 0 spiro atoms. The van der Waals surface area contributed by atoms with Crippen molar-refractivity contribution in [3.63, 3.8) is 0 Å². The Labute approximate surface area is 121 Å². The molecule has 0 fully saturated rings. The van der Waals surface area contributed by atoms with E-state index in [1.54, 1.807) is 0 Å². The van der Waals surface area contributed by atoms with Crippen molar-refractivity contribution in [2.24, 2.45) is 5.41 Å². The quantitative estimate of drug-likeness (QED) is 0.628. The molecule has 0 saturated heterocycles. The van der Waals surface area contributed by atoms with Crippen LogP contribution in [0.5, 0.6) is 0 Å². The van der Waals surface area contributed by atoms with E-state index in [0.29, 0.717) is 5.41 Å². The van der Waals surface area contributed by atoms with Crippen molar-refractivity contribution in [3.05, 3.63) is 35.9 Å². The summed E-state index contributed by atoms with van der Waals surface area (Å²) < 4.78 is 0. The summed E-state index contributed by atoms with van der Waals surface area (Å²) in [6.45, 7) is 10.2. The highest BCUT2D eigenvalue weighted by Gasteiger charge is 2.27. The van der Waals surface area contributed by atoms with Crippen molar-refractivity contribution in [3.8, 4) is 0 Å². The van der Waals surface area contributed by atoms with Crippen molar-refractivity contribution >= 4 is 15.9 Å². The molecule has 0 saturated carbocycles. The second-order valence-corrected chi connectivity index (χ2v) is 5.69. The first-order valence-corrected chi connectivity index (χ1v) is 8.14. The van der Waals surface area contributed by atoms with E-state index in [2.05, 4.69) is 71.9 Å². The third kappa shape index (κ3) is 4.40. The molecule has 2 heteroatoms. The van der Waals surface area contributed by atoms with Crippen molar-refractivity contribution in [1.29, 1.82) is 0 Å². The Morgan fingerprint density at radius 1 is 1.06 bits per heavy atom. The third-order valence-electron chi connectivity index (χ3n) is 4.04. The van der Waals surface area contributed by atoms with Crippen LogP contribution >= 0.6 is 15.9 Å². The summed E-state index contributed by atoms with van der Waals surface area (Å²) in [5.41, 5.74) is 1.83. The van der Waals surface area contributed by atoms with Gasteiger partial charge in [0.25, 0.3) is 0 Å². The number of alkyl halides is 1. The molecule has 102 valence electrons. The van der Waals surface area contributed by atoms with Crippen molar-refractivity contribution in [2.45, 2.75) is 40.2 Å². The zero-order valence-electron chi connectivity index (χ0n) is 12.0. The lowest BCUT2D eigenvalue weighted by Gasteiger charge is -2.35. The summed E-state index contributed by atoms with van der Waals surface area (Å²) in [6.07, 6.45) is 2.47. The fourth-order valence-electron chi connectivity index (χ4n) is 2.30. The number of benzene rings is 1. The first-order valence-electron chi connectivity index (χ1n) is 7.02. The first kappa shape index (κ1) is 15.7. The van der Waals surface area contributed by atoms with Crippen LogP contribution in [0.4, 0.5) is 0 Å². The van der Waals surface area contributed by atoms with Crippen LogP contribution in [-0.4, -0.2) is 23.3 Å². The van der Waals surface area contributed by atoms with Gasteiger partial charge in [-0.3, -0.25) is 4.90 Å². The van der Waals surface area contributed by atoms with E-state index in [0.717, 1.165) is 18.4 Å². The molecule has 18 heavy (non-hydrogen) atoms. The molecular weight excluding hydrogens is 286 g/mol. The molecule has 0 N–H and O–H groups in total. The zero-order chi connectivity index (χ0) is 13.4. The van der Waals surface area contributed by atoms with E-state index in [1.165, 1.54) is 24.9 Å². The maximum Gasteiger partial charge on any atom is 0.0233 e. The molecule has 0 aliphatic carbocycles. The van der Waals surface area contributed by atoms with Gasteiger partial charge in [0.2, 0.25) is 0 Å². The Balaban J connectivity index is 2.66. The van der Waals surface area contributed by atoms with E-state index in [-0.39, 0.29) is 0 Å². The summed E-state index contributed by atoms with van der Waals surface area (Å²) in [5.74, 6) is 0. The number of halogens is 1. The van der Waals surface area contributed by atoms with Crippen LogP contribution in [0.2, 0.25) is 0 Å². The predicted octanol–water partition coefficient (Wildman–Crippen LogP) is 4.71. The largest absolute Gasteiger partial charge is 0.299 e. The molecule has 0 amide bonds. The van der Waals surface area contributed by atoms with Crippen molar-refractivity contribution in [1.82, 2.24) is 4.90 Å². The van der Waals surface area contributed by atoms with Gasteiger partial charge < -0.3 is 0 Å². The highest BCUT2D eigenvalue weighted by atomic mass is 79.9. The monoisotopic (exact) mass is 311 g/mol. The maximum absolute atomic E-state index is 3.71. The third-order valence-corrected chi connectivity index (χ3v) is 5.23. The summed E-state index contributed by atoms with van der Waals surface area (Å²) in [7, 11) is 0. The molecule has 0 atom stereocenters. The number of nitrogens with zero attached hydrogens (tertiary/aromatic N) is 1. The highest BCUT2D eigenvalue weighted by Crippen LogP contribution is 2.30. The predicted molar refractivity (Wildman–Crippen MR) is 84.2 cm³/mol. The lowest BCUT2D eigenvalue weighted by Crippen LogP contribution is -2.38. The van der Waals surface area contributed by atoms with E-state index in [9.17, 15) is 0 Å². The van der Waals surface area contributed by atoms with Crippen LogP contribution in [0, 0.1) is 5.41 Å². The molecule has 0 aliphatic rings. The number of hydrogen-bond donors (Lipinski definition) is 0. The fraction of sp³-hybridized carbons (Fsp3) is 0.625. The van der Waals surface area contributed by atoms with Gasteiger partial charge in [0.15, 0.2) is 0 Å². The van der Waals surface area contributed by atoms with Gasteiger partial charge in [0.05, 0.1) is 0 Å². The maximum atomic E-state index is 3.71. The molecule has 0 heterocycles.